The second-order valence-corrected chi connectivity index (χ2v) is 5.38. The molecule has 105 valence electrons. The first kappa shape index (κ1) is 13.4. The molecule has 1 aromatic heterocycles. The van der Waals surface area contributed by atoms with E-state index in [4.69, 9.17) is 4.98 Å². The smallest absolute Gasteiger partial charge is 0.124 e. The molecule has 20 heavy (non-hydrogen) atoms. The molecule has 1 fully saturated rings. The van der Waals surface area contributed by atoms with Crippen LogP contribution in [0.5, 0.6) is 0 Å². The van der Waals surface area contributed by atoms with Crippen molar-refractivity contribution in [3.05, 3.63) is 48.9 Å². The van der Waals surface area contributed by atoms with Gasteiger partial charge in [-0.25, -0.2) is 4.98 Å². The van der Waals surface area contributed by atoms with E-state index >= 15 is 0 Å². The van der Waals surface area contributed by atoms with E-state index in [1.807, 2.05) is 12.3 Å². The number of aromatic nitrogens is 2. The molecule has 1 aliphatic rings. The molecule has 1 aromatic carbocycles. The fourth-order valence-corrected chi connectivity index (χ4v) is 2.96. The quantitative estimate of drug-likeness (QED) is 0.902. The van der Waals surface area contributed by atoms with Crippen LogP contribution in [0.4, 0.5) is 0 Å². The maximum Gasteiger partial charge on any atom is 0.124 e. The first-order valence-electron chi connectivity index (χ1n) is 7.58. The van der Waals surface area contributed by atoms with Crippen molar-refractivity contribution >= 4 is 0 Å². The van der Waals surface area contributed by atoms with Gasteiger partial charge < -0.3 is 4.98 Å². The van der Waals surface area contributed by atoms with Crippen LogP contribution in [0.1, 0.15) is 44.5 Å². The Balaban J connectivity index is 1.81. The lowest BCUT2D eigenvalue weighted by Gasteiger charge is -2.33. The fraction of sp³-hybridized carbons (Fsp3) is 0.412. The van der Waals surface area contributed by atoms with Gasteiger partial charge in [0.2, 0.25) is 0 Å². The standard InChI is InChI=1S/C17H22N3/c1-2-11-20-12-7-6-10-16(20)17-18-13-15(19-17)14-8-4-3-5-9-14/h3-5,8-9,11,13,16H,2,6-7,10,12H2,1H3,(H,18,19). The number of imidazole rings is 1. The van der Waals surface area contributed by atoms with Crippen molar-refractivity contribution < 1.29 is 0 Å². The van der Waals surface area contributed by atoms with Gasteiger partial charge in [-0.3, -0.25) is 4.90 Å². The zero-order valence-corrected chi connectivity index (χ0v) is 12.0. The average molecular weight is 268 g/mol. The highest BCUT2D eigenvalue weighted by atomic mass is 15.2. The number of hydrogen-bond acceptors (Lipinski definition) is 2. The van der Waals surface area contributed by atoms with Crippen molar-refractivity contribution in [1.29, 1.82) is 0 Å². The van der Waals surface area contributed by atoms with Gasteiger partial charge in [-0.2, -0.15) is 0 Å². The number of aromatic amines is 1. The summed E-state index contributed by atoms with van der Waals surface area (Å²) in [4.78, 5) is 10.7. The van der Waals surface area contributed by atoms with Crippen LogP contribution in [-0.2, 0) is 0 Å². The highest BCUT2D eigenvalue weighted by molar-refractivity contribution is 5.58. The molecule has 1 aliphatic heterocycles. The predicted octanol–water partition coefficient (Wildman–Crippen LogP) is 4.18. The van der Waals surface area contributed by atoms with E-state index in [1.54, 1.807) is 0 Å². The van der Waals surface area contributed by atoms with E-state index in [1.165, 1.54) is 24.8 Å². The van der Waals surface area contributed by atoms with Gasteiger partial charge in [-0.1, -0.05) is 43.7 Å². The van der Waals surface area contributed by atoms with Gasteiger partial charge in [0.1, 0.15) is 5.82 Å². The van der Waals surface area contributed by atoms with Crippen molar-refractivity contribution in [1.82, 2.24) is 14.9 Å². The van der Waals surface area contributed by atoms with Gasteiger partial charge in [0.25, 0.3) is 0 Å². The summed E-state index contributed by atoms with van der Waals surface area (Å²) in [6.45, 7) is 5.66. The van der Waals surface area contributed by atoms with Crippen LogP contribution >= 0.6 is 0 Å². The third-order valence-electron chi connectivity index (χ3n) is 3.94. The summed E-state index contributed by atoms with van der Waals surface area (Å²) in [5.41, 5.74) is 2.22. The number of benzene rings is 1. The Kier molecular flexibility index (Phi) is 4.16. The second kappa shape index (κ2) is 6.23. The second-order valence-electron chi connectivity index (χ2n) is 5.38. The number of piperidine rings is 1. The number of rotatable bonds is 4. The van der Waals surface area contributed by atoms with Crippen LogP contribution in [0.25, 0.3) is 11.3 Å². The number of nitrogens with one attached hydrogen (secondary N) is 1. The molecule has 1 atom stereocenters. The Bertz CT molecular complexity index is 530. The number of H-pyrrole nitrogens is 1. The van der Waals surface area contributed by atoms with Crippen molar-refractivity contribution in [3.63, 3.8) is 0 Å². The highest BCUT2D eigenvalue weighted by Crippen LogP contribution is 2.31. The number of hydrogen-bond donors (Lipinski definition) is 1. The van der Waals surface area contributed by atoms with Crippen molar-refractivity contribution in [3.8, 4) is 11.3 Å². The molecule has 3 heteroatoms. The summed E-state index contributed by atoms with van der Waals surface area (Å²) >= 11 is 0. The monoisotopic (exact) mass is 268 g/mol. The SMILES string of the molecule is CC[CH]N1CCCCC1c1nc(-c2ccccc2)c[nH]1. The summed E-state index contributed by atoms with van der Waals surface area (Å²) in [5, 5.41) is 0. The summed E-state index contributed by atoms with van der Waals surface area (Å²) in [5.74, 6) is 1.10. The normalized spacial score (nSPS) is 20.1. The minimum absolute atomic E-state index is 0.418. The average Bonchev–Trinajstić information content (AvgIpc) is 2.99. The molecular weight excluding hydrogens is 246 g/mol. The first-order valence-corrected chi connectivity index (χ1v) is 7.58. The summed E-state index contributed by atoms with van der Waals surface area (Å²) in [7, 11) is 0. The van der Waals surface area contributed by atoms with Gasteiger partial charge in [-0.05, 0) is 25.8 Å². The van der Waals surface area contributed by atoms with Crippen molar-refractivity contribution in [2.45, 2.75) is 38.6 Å². The predicted molar refractivity (Wildman–Crippen MR) is 81.9 cm³/mol. The Morgan fingerprint density at radius 2 is 2.15 bits per heavy atom. The first-order chi connectivity index (χ1) is 9.88. The molecule has 1 radical (unpaired) electrons. The lowest BCUT2D eigenvalue weighted by atomic mass is 10.0. The molecule has 1 unspecified atom stereocenters. The Labute approximate surface area is 121 Å². The minimum atomic E-state index is 0.418. The molecule has 1 N–H and O–H groups in total. The molecule has 0 aliphatic carbocycles. The van der Waals surface area contributed by atoms with Gasteiger partial charge >= 0.3 is 0 Å². The van der Waals surface area contributed by atoms with Crippen LogP contribution in [0.3, 0.4) is 0 Å². The van der Waals surface area contributed by atoms with Crippen LogP contribution in [0, 0.1) is 6.54 Å². The molecule has 3 rings (SSSR count). The number of nitrogens with zero attached hydrogens (tertiary/aromatic N) is 2. The van der Waals surface area contributed by atoms with Gasteiger partial charge in [0.05, 0.1) is 11.7 Å². The molecule has 0 amide bonds. The van der Waals surface area contributed by atoms with E-state index in [9.17, 15) is 0 Å². The third kappa shape index (κ3) is 2.78. The zero-order chi connectivity index (χ0) is 13.8. The van der Waals surface area contributed by atoms with Crippen LogP contribution < -0.4 is 0 Å². The topological polar surface area (TPSA) is 31.9 Å². The van der Waals surface area contributed by atoms with E-state index in [-0.39, 0.29) is 0 Å². The van der Waals surface area contributed by atoms with Crippen molar-refractivity contribution in [2.75, 3.05) is 6.54 Å². The van der Waals surface area contributed by atoms with Gasteiger partial charge in [0, 0.05) is 18.3 Å². The maximum absolute atomic E-state index is 4.82. The molecule has 3 nitrogen and oxygen atoms in total. The Hall–Kier alpha value is -1.61. The molecule has 2 aromatic rings. The molecule has 0 spiro atoms. The molecule has 1 saturated heterocycles. The van der Waals surface area contributed by atoms with E-state index in [0.29, 0.717) is 6.04 Å². The Morgan fingerprint density at radius 3 is 2.95 bits per heavy atom. The lowest BCUT2D eigenvalue weighted by Crippen LogP contribution is -2.31. The molecule has 0 saturated carbocycles. The van der Waals surface area contributed by atoms with Gasteiger partial charge in [0.15, 0.2) is 0 Å². The molecule has 2 heterocycles. The van der Waals surface area contributed by atoms with Crippen LogP contribution in [0.15, 0.2) is 36.5 Å². The fourth-order valence-electron chi connectivity index (χ4n) is 2.96. The van der Waals surface area contributed by atoms with E-state index < -0.39 is 0 Å². The molecular formula is C17H22N3. The lowest BCUT2D eigenvalue weighted by molar-refractivity contribution is 0.178. The van der Waals surface area contributed by atoms with E-state index in [0.717, 1.165) is 24.5 Å². The maximum atomic E-state index is 4.82. The van der Waals surface area contributed by atoms with Gasteiger partial charge in [-0.15, -0.1) is 0 Å². The van der Waals surface area contributed by atoms with Crippen LogP contribution in [0.2, 0.25) is 0 Å². The Morgan fingerprint density at radius 1 is 1.30 bits per heavy atom. The largest absolute Gasteiger partial charge is 0.347 e. The summed E-state index contributed by atoms with van der Waals surface area (Å²) in [6.07, 6.45) is 6.89. The minimum Gasteiger partial charge on any atom is -0.347 e. The van der Waals surface area contributed by atoms with Crippen LogP contribution in [-0.4, -0.2) is 21.4 Å². The van der Waals surface area contributed by atoms with Crippen molar-refractivity contribution in [2.24, 2.45) is 0 Å². The van der Waals surface area contributed by atoms with E-state index in [2.05, 4.69) is 47.6 Å². The summed E-state index contributed by atoms with van der Waals surface area (Å²) in [6, 6.07) is 10.8. The highest BCUT2D eigenvalue weighted by Gasteiger charge is 2.25. The number of likely N-dealkylation sites (tertiary alicyclic amines) is 1. The zero-order valence-electron chi connectivity index (χ0n) is 12.0. The molecule has 0 bridgehead atoms. The summed E-state index contributed by atoms with van der Waals surface area (Å²) < 4.78 is 0. The third-order valence-corrected chi connectivity index (χ3v) is 3.94.